The second-order valence-corrected chi connectivity index (χ2v) is 20.5. The van der Waals surface area contributed by atoms with Gasteiger partial charge >= 0.3 is 0 Å². The van der Waals surface area contributed by atoms with Crippen molar-refractivity contribution in [1.82, 2.24) is 9.99 Å². The van der Waals surface area contributed by atoms with Crippen LogP contribution in [0.5, 0.6) is 5.75 Å². The normalized spacial score (nSPS) is 18.9. The van der Waals surface area contributed by atoms with Crippen molar-refractivity contribution < 1.29 is 13.8 Å². The van der Waals surface area contributed by atoms with E-state index < -0.39 is 22.1 Å². The van der Waals surface area contributed by atoms with Gasteiger partial charge in [-0.25, -0.2) is 4.67 Å². The summed E-state index contributed by atoms with van der Waals surface area (Å²) in [5.74, 6) is 0.863. The molecule has 2 fully saturated rings. The van der Waals surface area contributed by atoms with E-state index in [0.717, 1.165) is 57.6 Å². The van der Waals surface area contributed by atoms with Gasteiger partial charge in [0.05, 0.1) is 25.4 Å². The van der Waals surface area contributed by atoms with Crippen LogP contribution >= 0.6 is 8.53 Å². The van der Waals surface area contributed by atoms with Crippen LogP contribution in [-0.2, 0) is 14.6 Å². The van der Waals surface area contributed by atoms with E-state index in [0.29, 0.717) is 6.04 Å². The lowest BCUT2D eigenvalue weighted by atomic mass is 9.77. The Hall–Kier alpha value is -3.61. The minimum Gasteiger partial charge on any atom is -0.497 e. The number of benzene rings is 5. The van der Waals surface area contributed by atoms with Gasteiger partial charge in [-0.15, -0.1) is 0 Å². The molecule has 276 valence electrons. The molecule has 53 heavy (non-hydrogen) atoms. The molecule has 0 aliphatic carbocycles. The van der Waals surface area contributed by atoms with Gasteiger partial charge in [-0.1, -0.05) is 163 Å². The number of nitrogens with zero attached hydrogens (tertiary/aromatic N) is 1. The average Bonchev–Trinajstić information content (AvgIpc) is 3.85. The minimum absolute atomic E-state index is 0.258. The molecule has 0 amide bonds. The highest BCUT2D eigenvalue weighted by Crippen LogP contribution is 2.56. The predicted octanol–water partition coefficient (Wildman–Crippen LogP) is 9.53. The lowest BCUT2D eigenvalue weighted by Crippen LogP contribution is -2.56. The van der Waals surface area contributed by atoms with Gasteiger partial charge in [0, 0.05) is 12.6 Å². The Kier molecular flexibility index (Phi) is 12.9. The highest BCUT2D eigenvalue weighted by Gasteiger charge is 2.47. The Balaban J connectivity index is 0.920. The zero-order valence-corrected chi connectivity index (χ0v) is 33.3. The van der Waals surface area contributed by atoms with E-state index in [9.17, 15) is 0 Å². The monoisotopic (exact) mass is 742 g/mol. The maximum absolute atomic E-state index is 6.79. The standard InChI is InChI=1S/C46H55N2O3PSi/c1-49-41-31-29-40(30-32-41)46(38-20-9-5-10-21-38,39-22-11-6-12-23-39)47-34-17-3-4-18-36-50-52-48-35-19-28-44(48)45(51-52)33-37-53(2,42-24-13-7-14-25-42)43-26-15-8-16-27-43/h5-16,20-27,29-32,44-45,47H,3-4,17-19,28,33-37H2,1-2H3/t44-,45+,52?/m0/s1. The number of rotatable bonds is 18. The molecule has 5 nitrogen and oxygen atoms in total. The number of fused-ring (bicyclic) bond motifs is 1. The highest BCUT2D eigenvalue weighted by atomic mass is 31.2. The van der Waals surface area contributed by atoms with Gasteiger partial charge < -0.3 is 13.8 Å². The Morgan fingerprint density at radius 3 is 1.85 bits per heavy atom. The van der Waals surface area contributed by atoms with Crippen LogP contribution in [-0.4, -0.2) is 51.7 Å². The predicted molar refractivity (Wildman–Crippen MR) is 223 cm³/mol. The number of hydrogen-bond acceptors (Lipinski definition) is 5. The molecule has 7 rings (SSSR count). The van der Waals surface area contributed by atoms with Crippen molar-refractivity contribution >= 4 is 27.0 Å². The molecule has 2 aliphatic rings. The third-order valence-electron chi connectivity index (χ3n) is 11.5. The van der Waals surface area contributed by atoms with Crippen molar-refractivity contribution in [3.63, 3.8) is 0 Å². The quantitative estimate of drug-likeness (QED) is 0.0420. The SMILES string of the molecule is COc1ccc(C(NCCCCCCOP2O[C@H](CC[Si](C)(c3ccccc3)c3ccccc3)[C@@H]3CCCN32)(c2ccccc2)c2ccccc2)cc1. The first kappa shape index (κ1) is 37.7. The minimum atomic E-state index is -1.90. The van der Waals surface area contributed by atoms with Gasteiger partial charge in [-0.3, -0.25) is 5.32 Å². The maximum atomic E-state index is 6.79. The Morgan fingerprint density at radius 1 is 0.717 bits per heavy atom. The number of ether oxygens (including phenoxy) is 1. The van der Waals surface area contributed by atoms with Gasteiger partial charge in [0.25, 0.3) is 8.53 Å². The number of methoxy groups -OCH3 is 1. The molecule has 2 aliphatic heterocycles. The molecule has 1 unspecified atom stereocenters. The topological polar surface area (TPSA) is 43.0 Å². The summed E-state index contributed by atoms with van der Waals surface area (Å²) < 4.78 is 21.4. The molecule has 3 atom stereocenters. The molecule has 5 aromatic carbocycles. The molecule has 2 saturated heterocycles. The van der Waals surface area contributed by atoms with Crippen molar-refractivity contribution in [3.8, 4) is 5.75 Å². The van der Waals surface area contributed by atoms with E-state index >= 15 is 0 Å². The van der Waals surface area contributed by atoms with Crippen LogP contribution in [0.3, 0.4) is 0 Å². The third-order valence-corrected chi connectivity index (χ3v) is 17.8. The summed E-state index contributed by atoms with van der Waals surface area (Å²) in [6, 6.07) is 54.3. The average molecular weight is 743 g/mol. The summed E-state index contributed by atoms with van der Waals surface area (Å²) >= 11 is 0. The van der Waals surface area contributed by atoms with E-state index in [2.05, 4.69) is 162 Å². The largest absolute Gasteiger partial charge is 0.497 e. The van der Waals surface area contributed by atoms with Gasteiger partial charge in [-0.05, 0) is 73.5 Å². The first-order valence-electron chi connectivity index (χ1n) is 19.6. The summed E-state index contributed by atoms with van der Waals surface area (Å²) in [6.45, 7) is 5.30. The van der Waals surface area contributed by atoms with Crippen LogP contribution in [0.25, 0.3) is 0 Å². The molecule has 7 heteroatoms. The van der Waals surface area contributed by atoms with E-state index in [1.54, 1.807) is 7.11 Å². The van der Waals surface area contributed by atoms with Crippen molar-refractivity contribution in [1.29, 1.82) is 0 Å². The highest BCUT2D eigenvalue weighted by molar-refractivity contribution is 7.44. The summed E-state index contributed by atoms with van der Waals surface area (Å²) in [5, 5.41) is 7.05. The number of unbranched alkanes of at least 4 members (excludes halogenated alkanes) is 3. The van der Waals surface area contributed by atoms with Crippen molar-refractivity contribution in [2.45, 2.75) is 75.2 Å². The maximum Gasteiger partial charge on any atom is 0.259 e. The van der Waals surface area contributed by atoms with E-state index in [4.69, 9.17) is 13.8 Å². The number of nitrogens with one attached hydrogen (secondary N) is 1. The molecule has 5 aromatic rings. The van der Waals surface area contributed by atoms with Crippen molar-refractivity contribution in [3.05, 3.63) is 162 Å². The molecular formula is C46H55N2O3PSi. The smallest absolute Gasteiger partial charge is 0.259 e. The van der Waals surface area contributed by atoms with Gasteiger partial charge in [-0.2, -0.15) is 0 Å². The Morgan fingerprint density at radius 2 is 1.26 bits per heavy atom. The lowest BCUT2D eigenvalue weighted by Gasteiger charge is -2.37. The zero-order valence-electron chi connectivity index (χ0n) is 31.4. The van der Waals surface area contributed by atoms with Crippen LogP contribution < -0.4 is 20.4 Å². The Labute approximate surface area is 319 Å². The summed E-state index contributed by atoms with van der Waals surface area (Å²) in [7, 11) is -1.16. The second-order valence-electron chi connectivity index (χ2n) is 14.7. The fraction of sp³-hybridized carbons (Fsp3) is 0.348. The molecule has 0 saturated carbocycles. The van der Waals surface area contributed by atoms with E-state index in [1.165, 1.54) is 45.9 Å². The van der Waals surface area contributed by atoms with Crippen molar-refractivity contribution in [2.24, 2.45) is 0 Å². The van der Waals surface area contributed by atoms with Crippen LogP contribution in [0.1, 0.15) is 61.6 Å². The fourth-order valence-electron chi connectivity index (χ4n) is 8.48. The molecule has 0 bridgehead atoms. The summed E-state index contributed by atoms with van der Waals surface area (Å²) in [4.78, 5) is 0. The van der Waals surface area contributed by atoms with Gasteiger partial charge in [0.2, 0.25) is 0 Å². The van der Waals surface area contributed by atoms with Crippen molar-refractivity contribution in [2.75, 3.05) is 26.8 Å². The molecule has 0 radical (unpaired) electrons. The van der Waals surface area contributed by atoms with Gasteiger partial charge in [0.1, 0.15) is 13.8 Å². The number of hydrogen-bond donors (Lipinski definition) is 1. The first-order valence-corrected chi connectivity index (χ1v) is 23.4. The molecule has 2 heterocycles. The molecule has 0 spiro atoms. The summed E-state index contributed by atoms with van der Waals surface area (Å²) in [6.07, 6.45) is 8.25. The molecule has 0 aromatic heterocycles. The molecule has 1 N–H and O–H groups in total. The first-order chi connectivity index (χ1) is 26.1. The lowest BCUT2D eigenvalue weighted by molar-refractivity contribution is 0.183. The van der Waals surface area contributed by atoms with Crippen LogP contribution in [0.15, 0.2) is 146 Å². The van der Waals surface area contributed by atoms with Crippen LogP contribution in [0, 0.1) is 0 Å². The van der Waals surface area contributed by atoms with E-state index in [1.807, 2.05) is 0 Å². The zero-order chi connectivity index (χ0) is 36.4. The molecular weight excluding hydrogens is 688 g/mol. The third kappa shape index (κ3) is 8.54. The van der Waals surface area contributed by atoms with E-state index in [-0.39, 0.29) is 6.10 Å². The fourth-order valence-corrected chi connectivity index (χ4v) is 14.0. The van der Waals surface area contributed by atoms with Crippen LogP contribution in [0.4, 0.5) is 0 Å². The summed E-state index contributed by atoms with van der Waals surface area (Å²) in [5.41, 5.74) is 3.20. The van der Waals surface area contributed by atoms with Gasteiger partial charge in [0.15, 0.2) is 0 Å². The van der Waals surface area contributed by atoms with Crippen LogP contribution in [0.2, 0.25) is 12.6 Å². The Bertz CT molecular complexity index is 1740. The second kappa shape index (κ2) is 18.1.